The number of aromatic nitrogens is 2. The highest BCUT2D eigenvalue weighted by Gasteiger charge is 2.27. The van der Waals surface area contributed by atoms with Crippen LogP contribution in [0.1, 0.15) is 45.0 Å². The Morgan fingerprint density at radius 3 is 2.12 bits per heavy atom. The monoisotopic (exact) mass is 345 g/mol. The molecule has 0 aliphatic rings. The second-order valence-electron chi connectivity index (χ2n) is 6.30. The highest BCUT2D eigenvalue weighted by molar-refractivity contribution is 5.92. The van der Waals surface area contributed by atoms with Crippen LogP contribution in [0.25, 0.3) is 11.5 Å². The molecule has 7 nitrogen and oxygen atoms in total. The average molecular weight is 345 g/mol. The van der Waals surface area contributed by atoms with Gasteiger partial charge in [0.1, 0.15) is 0 Å². The number of carbonyl (C=O) groups excluding carboxylic acids is 2. The maximum atomic E-state index is 12.5. The molecule has 1 atom stereocenters. The molecule has 2 rings (SSSR count). The zero-order valence-electron chi connectivity index (χ0n) is 15.1. The maximum Gasteiger partial charge on any atom is 0.338 e. The Bertz CT molecular complexity index is 700. The molecule has 0 saturated heterocycles. The van der Waals surface area contributed by atoms with Crippen LogP contribution in [-0.2, 0) is 9.53 Å². The highest BCUT2D eigenvalue weighted by atomic mass is 16.5. The molecule has 0 N–H and O–H groups in total. The van der Waals surface area contributed by atoms with Crippen molar-refractivity contribution in [3.8, 4) is 11.5 Å². The van der Waals surface area contributed by atoms with E-state index in [9.17, 15) is 9.59 Å². The molecule has 1 heterocycles. The lowest BCUT2D eigenvalue weighted by Crippen LogP contribution is -2.47. The van der Waals surface area contributed by atoms with Gasteiger partial charge in [-0.05, 0) is 58.9 Å². The van der Waals surface area contributed by atoms with Crippen LogP contribution >= 0.6 is 0 Å². The van der Waals surface area contributed by atoms with E-state index in [1.165, 1.54) is 6.39 Å². The summed E-state index contributed by atoms with van der Waals surface area (Å²) in [6.45, 7) is 9.32. The maximum absolute atomic E-state index is 12.5. The molecule has 1 amide bonds. The first-order valence-corrected chi connectivity index (χ1v) is 8.21. The number of amides is 1. The van der Waals surface area contributed by atoms with Crippen molar-refractivity contribution in [1.82, 2.24) is 15.1 Å². The third-order valence-electron chi connectivity index (χ3n) is 3.73. The number of hydrogen-bond donors (Lipinski definition) is 0. The molecule has 0 unspecified atom stereocenters. The number of hydrogen-bond acceptors (Lipinski definition) is 6. The summed E-state index contributed by atoms with van der Waals surface area (Å²) >= 11 is 0. The molecule has 7 heteroatoms. The molecule has 2 aromatic rings. The lowest BCUT2D eigenvalue weighted by Gasteiger charge is -2.32. The van der Waals surface area contributed by atoms with Crippen molar-refractivity contribution in [1.29, 1.82) is 0 Å². The van der Waals surface area contributed by atoms with E-state index in [-0.39, 0.29) is 18.0 Å². The zero-order valence-corrected chi connectivity index (χ0v) is 15.1. The molecule has 0 aliphatic carbocycles. The van der Waals surface area contributed by atoms with Crippen molar-refractivity contribution in [2.24, 2.45) is 0 Å². The first-order chi connectivity index (χ1) is 11.8. The minimum atomic E-state index is -0.854. The Morgan fingerprint density at radius 2 is 1.64 bits per heavy atom. The number of rotatable bonds is 6. The number of carbonyl (C=O) groups is 2. The summed E-state index contributed by atoms with van der Waals surface area (Å²) in [6.07, 6.45) is 0.382. The fourth-order valence-electron chi connectivity index (χ4n) is 2.64. The molecule has 0 saturated carbocycles. The number of nitrogens with zero attached hydrogens (tertiary/aromatic N) is 3. The Balaban J connectivity index is 2.04. The molecule has 1 aromatic carbocycles. The third-order valence-corrected chi connectivity index (χ3v) is 3.73. The first-order valence-electron chi connectivity index (χ1n) is 8.21. The number of benzene rings is 1. The fourth-order valence-corrected chi connectivity index (χ4v) is 2.64. The van der Waals surface area contributed by atoms with Crippen LogP contribution in [0.4, 0.5) is 0 Å². The molecule has 0 spiro atoms. The van der Waals surface area contributed by atoms with Gasteiger partial charge in [-0.1, -0.05) is 0 Å². The molecule has 0 bridgehead atoms. The van der Waals surface area contributed by atoms with E-state index in [1.54, 1.807) is 36.1 Å². The van der Waals surface area contributed by atoms with Crippen molar-refractivity contribution in [3.05, 3.63) is 36.2 Å². The SMILES string of the molecule is CC(C)N(C(=O)[C@H](C)OC(=O)c1ccc(-c2nnco2)cc1)C(C)C. The zero-order chi connectivity index (χ0) is 18.6. The van der Waals surface area contributed by atoms with Crippen molar-refractivity contribution in [2.75, 3.05) is 0 Å². The van der Waals surface area contributed by atoms with Gasteiger partial charge in [0, 0.05) is 17.6 Å². The van der Waals surface area contributed by atoms with E-state index < -0.39 is 12.1 Å². The van der Waals surface area contributed by atoms with Crippen LogP contribution in [0, 0.1) is 0 Å². The molecular weight excluding hydrogens is 322 g/mol. The number of esters is 1. The molecule has 0 radical (unpaired) electrons. The third kappa shape index (κ3) is 4.43. The van der Waals surface area contributed by atoms with Crippen molar-refractivity contribution in [2.45, 2.75) is 52.8 Å². The van der Waals surface area contributed by atoms with Gasteiger partial charge in [0.2, 0.25) is 12.3 Å². The minimum Gasteiger partial charge on any atom is -0.449 e. The van der Waals surface area contributed by atoms with Gasteiger partial charge >= 0.3 is 5.97 Å². The Labute approximate surface area is 147 Å². The predicted molar refractivity (Wildman–Crippen MR) is 91.7 cm³/mol. The summed E-state index contributed by atoms with van der Waals surface area (Å²) in [5, 5.41) is 7.41. The second-order valence-corrected chi connectivity index (χ2v) is 6.30. The molecule has 0 aliphatic heterocycles. The normalized spacial score (nSPS) is 12.3. The Kier molecular flexibility index (Phi) is 5.90. The lowest BCUT2D eigenvalue weighted by molar-refractivity contribution is -0.143. The van der Waals surface area contributed by atoms with Crippen molar-refractivity contribution < 1.29 is 18.7 Å². The standard InChI is InChI=1S/C18H23N3O4/c1-11(2)21(12(3)4)17(22)13(5)25-18(23)15-8-6-14(7-9-15)16-20-19-10-24-16/h6-13H,1-5H3/t13-/m0/s1. The van der Waals surface area contributed by atoms with Crippen LogP contribution in [0.15, 0.2) is 35.1 Å². The van der Waals surface area contributed by atoms with E-state index in [4.69, 9.17) is 9.15 Å². The topological polar surface area (TPSA) is 85.5 Å². The summed E-state index contributed by atoms with van der Waals surface area (Å²) in [5.41, 5.74) is 1.05. The predicted octanol–water partition coefficient (Wildman–Crippen LogP) is 2.93. The van der Waals surface area contributed by atoms with Crippen LogP contribution < -0.4 is 0 Å². The molecule has 25 heavy (non-hydrogen) atoms. The highest BCUT2D eigenvalue weighted by Crippen LogP contribution is 2.18. The van der Waals surface area contributed by atoms with Gasteiger partial charge in [-0.2, -0.15) is 0 Å². The van der Waals surface area contributed by atoms with Crippen LogP contribution in [0.2, 0.25) is 0 Å². The molecule has 1 aromatic heterocycles. The van der Waals surface area contributed by atoms with E-state index in [0.717, 1.165) is 0 Å². The number of ether oxygens (including phenoxy) is 1. The van der Waals surface area contributed by atoms with E-state index in [0.29, 0.717) is 17.0 Å². The largest absolute Gasteiger partial charge is 0.449 e. The molecule has 0 fully saturated rings. The minimum absolute atomic E-state index is 0.0299. The first kappa shape index (κ1) is 18.6. The average Bonchev–Trinajstić information content (AvgIpc) is 3.08. The Morgan fingerprint density at radius 1 is 1.04 bits per heavy atom. The van der Waals surface area contributed by atoms with Gasteiger partial charge in [0.05, 0.1) is 5.56 Å². The molecular formula is C18H23N3O4. The van der Waals surface area contributed by atoms with Crippen molar-refractivity contribution >= 4 is 11.9 Å². The smallest absolute Gasteiger partial charge is 0.338 e. The van der Waals surface area contributed by atoms with Gasteiger partial charge in [0.15, 0.2) is 6.10 Å². The van der Waals surface area contributed by atoms with Gasteiger partial charge in [0.25, 0.3) is 5.91 Å². The second kappa shape index (κ2) is 7.92. The summed E-state index contributed by atoms with van der Waals surface area (Å²) < 4.78 is 10.4. The summed E-state index contributed by atoms with van der Waals surface area (Å²) in [7, 11) is 0. The van der Waals surface area contributed by atoms with E-state index >= 15 is 0 Å². The van der Waals surface area contributed by atoms with E-state index in [2.05, 4.69) is 10.2 Å². The fraction of sp³-hybridized carbons (Fsp3) is 0.444. The van der Waals surface area contributed by atoms with Gasteiger partial charge in [-0.3, -0.25) is 4.79 Å². The Hall–Kier alpha value is -2.70. The molecule has 134 valence electrons. The van der Waals surface area contributed by atoms with Crippen LogP contribution in [-0.4, -0.2) is 45.2 Å². The summed E-state index contributed by atoms with van der Waals surface area (Å²) in [5.74, 6) is -0.390. The summed E-state index contributed by atoms with van der Waals surface area (Å²) in [6, 6.07) is 6.63. The summed E-state index contributed by atoms with van der Waals surface area (Å²) in [4.78, 5) is 26.5. The van der Waals surface area contributed by atoms with Gasteiger partial charge in [-0.25, -0.2) is 4.79 Å². The van der Waals surface area contributed by atoms with Gasteiger partial charge in [-0.15, -0.1) is 10.2 Å². The van der Waals surface area contributed by atoms with E-state index in [1.807, 2.05) is 27.7 Å². The lowest BCUT2D eigenvalue weighted by atomic mass is 10.1. The van der Waals surface area contributed by atoms with Gasteiger partial charge < -0.3 is 14.1 Å². The van der Waals surface area contributed by atoms with Crippen LogP contribution in [0.5, 0.6) is 0 Å². The quantitative estimate of drug-likeness (QED) is 0.748. The van der Waals surface area contributed by atoms with Crippen molar-refractivity contribution in [3.63, 3.8) is 0 Å². The van der Waals surface area contributed by atoms with Crippen LogP contribution in [0.3, 0.4) is 0 Å².